The van der Waals surface area contributed by atoms with Crippen LogP contribution in [0, 0.1) is 0 Å². The largest absolute Gasteiger partial charge is 0.391 e. The standard InChI is InChI=1S/C23H30O2S.C2H6/c1-7-12-18(6)20-14-16-21(17-15-20)24-26-25-23(11-5)22(10-4)19(9-3)13-8-2;1-2/h10-17H,4-5,7-9H2,1-3,6H3;1-2H3/b18-12+,19-13+,23-22+;. The fourth-order valence-corrected chi connectivity index (χ4v) is 3.02. The molecule has 0 aliphatic heterocycles. The van der Waals surface area contributed by atoms with Gasteiger partial charge in [0.2, 0.25) is 0 Å². The molecule has 0 spiro atoms. The molecule has 0 heterocycles. The molecule has 2 nitrogen and oxygen atoms in total. The van der Waals surface area contributed by atoms with Gasteiger partial charge in [-0.3, -0.25) is 0 Å². The van der Waals surface area contributed by atoms with Crippen LogP contribution in [0.25, 0.3) is 5.57 Å². The van der Waals surface area contributed by atoms with Crippen molar-refractivity contribution in [3.05, 3.63) is 84.2 Å². The molecule has 0 amide bonds. The fourth-order valence-electron chi connectivity index (χ4n) is 2.56. The number of hydrogen-bond acceptors (Lipinski definition) is 3. The highest BCUT2D eigenvalue weighted by Gasteiger charge is 2.08. The van der Waals surface area contributed by atoms with Crippen molar-refractivity contribution in [1.29, 1.82) is 0 Å². The van der Waals surface area contributed by atoms with Gasteiger partial charge in [-0.05, 0) is 61.1 Å². The second kappa shape index (κ2) is 15.9. The van der Waals surface area contributed by atoms with Gasteiger partial charge in [0, 0.05) is 5.57 Å². The minimum atomic E-state index is 0.657. The summed E-state index contributed by atoms with van der Waals surface area (Å²) in [5, 5.41) is 0. The van der Waals surface area contributed by atoms with Gasteiger partial charge < -0.3 is 8.37 Å². The Morgan fingerprint density at radius 1 is 0.964 bits per heavy atom. The third kappa shape index (κ3) is 8.71. The summed E-state index contributed by atoms with van der Waals surface area (Å²) in [5.41, 5.74) is 4.62. The molecule has 0 aromatic heterocycles. The van der Waals surface area contributed by atoms with Gasteiger partial charge in [-0.15, -0.1) is 0 Å². The highest BCUT2D eigenvalue weighted by Crippen LogP contribution is 2.27. The van der Waals surface area contributed by atoms with Crippen LogP contribution in [0.1, 0.15) is 66.4 Å². The predicted molar refractivity (Wildman–Crippen MR) is 127 cm³/mol. The molecule has 0 aliphatic rings. The van der Waals surface area contributed by atoms with Gasteiger partial charge in [0.05, 0.1) is 0 Å². The molecule has 28 heavy (non-hydrogen) atoms. The van der Waals surface area contributed by atoms with Crippen LogP contribution in [0.4, 0.5) is 0 Å². The summed E-state index contributed by atoms with van der Waals surface area (Å²) in [6.07, 6.45) is 10.8. The van der Waals surface area contributed by atoms with Crippen LogP contribution >= 0.6 is 12.3 Å². The summed E-state index contributed by atoms with van der Waals surface area (Å²) in [6, 6.07) is 7.99. The van der Waals surface area contributed by atoms with Crippen molar-refractivity contribution < 1.29 is 8.37 Å². The van der Waals surface area contributed by atoms with E-state index in [1.165, 1.54) is 16.7 Å². The lowest BCUT2D eigenvalue weighted by Crippen LogP contribution is -1.94. The molecule has 1 aromatic carbocycles. The zero-order valence-corrected chi connectivity index (χ0v) is 19.2. The topological polar surface area (TPSA) is 18.5 Å². The van der Waals surface area contributed by atoms with Crippen molar-refractivity contribution in [3.8, 4) is 5.75 Å². The molecule has 0 N–H and O–H groups in total. The minimum Gasteiger partial charge on any atom is -0.391 e. The van der Waals surface area contributed by atoms with Gasteiger partial charge in [0.1, 0.15) is 11.5 Å². The van der Waals surface area contributed by atoms with Gasteiger partial charge in [0.25, 0.3) is 12.3 Å². The van der Waals surface area contributed by atoms with Gasteiger partial charge in [-0.2, -0.15) is 0 Å². The first-order valence-electron chi connectivity index (χ1n) is 10.1. The predicted octanol–water partition coefficient (Wildman–Crippen LogP) is 8.86. The number of hydrogen-bond donors (Lipinski definition) is 0. The van der Waals surface area contributed by atoms with Crippen LogP contribution in [-0.2, 0) is 4.18 Å². The number of benzene rings is 1. The minimum absolute atomic E-state index is 0.657. The summed E-state index contributed by atoms with van der Waals surface area (Å²) in [5.74, 6) is 1.40. The molecule has 1 aromatic rings. The first kappa shape index (κ1) is 25.9. The molecular weight excluding hydrogens is 364 g/mol. The lowest BCUT2D eigenvalue weighted by Gasteiger charge is -2.12. The van der Waals surface area contributed by atoms with Crippen LogP contribution in [0.5, 0.6) is 5.75 Å². The summed E-state index contributed by atoms with van der Waals surface area (Å²) >= 11 is 0.934. The summed E-state index contributed by atoms with van der Waals surface area (Å²) in [6.45, 7) is 20.2. The molecule has 0 saturated carbocycles. The third-order valence-corrected chi connectivity index (χ3v) is 4.41. The van der Waals surface area contributed by atoms with Crippen molar-refractivity contribution >= 4 is 17.9 Å². The van der Waals surface area contributed by atoms with Crippen LogP contribution in [-0.4, -0.2) is 0 Å². The summed E-state index contributed by atoms with van der Waals surface area (Å²) in [4.78, 5) is 0. The van der Waals surface area contributed by atoms with Crippen molar-refractivity contribution in [2.45, 2.75) is 60.8 Å². The average Bonchev–Trinajstić information content (AvgIpc) is 2.74. The monoisotopic (exact) mass is 400 g/mol. The Kier molecular flexibility index (Phi) is 14.7. The van der Waals surface area contributed by atoms with E-state index in [1.54, 1.807) is 12.2 Å². The Balaban J connectivity index is 0.00000352. The van der Waals surface area contributed by atoms with E-state index >= 15 is 0 Å². The van der Waals surface area contributed by atoms with Crippen LogP contribution in [0.2, 0.25) is 0 Å². The van der Waals surface area contributed by atoms with Crippen LogP contribution in [0.3, 0.4) is 0 Å². The molecule has 0 aliphatic carbocycles. The van der Waals surface area contributed by atoms with E-state index in [-0.39, 0.29) is 0 Å². The summed E-state index contributed by atoms with van der Waals surface area (Å²) < 4.78 is 11.4. The van der Waals surface area contributed by atoms with Crippen molar-refractivity contribution in [1.82, 2.24) is 0 Å². The molecule has 0 unspecified atom stereocenters. The Morgan fingerprint density at radius 3 is 2.04 bits per heavy atom. The molecule has 0 fully saturated rings. The smallest absolute Gasteiger partial charge is 0.293 e. The molecule has 0 bridgehead atoms. The van der Waals surface area contributed by atoms with Crippen molar-refractivity contribution in [3.63, 3.8) is 0 Å². The van der Waals surface area contributed by atoms with E-state index < -0.39 is 0 Å². The first-order valence-corrected chi connectivity index (χ1v) is 10.7. The highest BCUT2D eigenvalue weighted by molar-refractivity contribution is 7.90. The normalized spacial score (nSPS) is 12.4. The van der Waals surface area contributed by atoms with E-state index in [9.17, 15) is 0 Å². The average molecular weight is 401 g/mol. The van der Waals surface area contributed by atoms with E-state index in [2.05, 4.69) is 65.1 Å². The number of allylic oxidation sites excluding steroid dienone is 7. The maximum absolute atomic E-state index is 5.73. The molecular formula is C25H36O2S. The number of rotatable bonds is 11. The van der Waals surface area contributed by atoms with Crippen LogP contribution < -0.4 is 4.18 Å². The molecule has 154 valence electrons. The highest BCUT2D eigenvalue weighted by atomic mass is 32.2. The van der Waals surface area contributed by atoms with Crippen molar-refractivity contribution in [2.24, 2.45) is 0 Å². The van der Waals surface area contributed by atoms with E-state index in [1.807, 2.05) is 26.0 Å². The van der Waals surface area contributed by atoms with E-state index in [0.29, 0.717) is 5.76 Å². The Hall–Kier alpha value is -2.13. The molecule has 0 radical (unpaired) electrons. The fraction of sp³-hybridized carbons (Fsp3) is 0.360. The maximum atomic E-state index is 5.73. The Bertz CT molecular complexity index is 679. The molecule has 3 heteroatoms. The second-order valence-corrected chi connectivity index (χ2v) is 6.20. The lowest BCUT2D eigenvalue weighted by molar-refractivity contribution is 0.460. The zero-order chi connectivity index (χ0) is 21.4. The van der Waals surface area contributed by atoms with Crippen LogP contribution in [0.15, 0.2) is 78.6 Å². The van der Waals surface area contributed by atoms with Gasteiger partial charge in [0.15, 0.2) is 0 Å². The Morgan fingerprint density at radius 2 is 1.57 bits per heavy atom. The zero-order valence-electron chi connectivity index (χ0n) is 18.4. The van der Waals surface area contributed by atoms with Crippen molar-refractivity contribution in [2.75, 3.05) is 0 Å². The third-order valence-electron chi connectivity index (χ3n) is 3.91. The first-order chi connectivity index (χ1) is 13.6. The van der Waals surface area contributed by atoms with Gasteiger partial charge >= 0.3 is 0 Å². The quantitative estimate of drug-likeness (QED) is 0.210. The summed E-state index contributed by atoms with van der Waals surface area (Å²) in [7, 11) is 0. The van der Waals surface area contributed by atoms with Gasteiger partial charge in [-0.1, -0.05) is 78.1 Å². The lowest BCUT2D eigenvalue weighted by atomic mass is 10.0. The second-order valence-electron chi connectivity index (χ2n) is 5.73. The van der Waals surface area contributed by atoms with E-state index in [0.717, 1.165) is 42.9 Å². The van der Waals surface area contributed by atoms with Gasteiger partial charge in [-0.25, -0.2) is 0 Å². The van der Waals surface area contributed by atoms with E-state index in [4.69, 9.17) is 8.37 Å². The molecule has 0 saturated heterocycles. The molecule has 0 atom stereocenters. The maximum Gasteiger partial charge on any atom is 0.293 e. The SMILES string of the molecule is C=C/C(OSOc1ccc(/C(C)=C/CC)cc1)=C(C=C)\C(=C\CC)CC.CC. The molecule has 1 rings (SSSR count). The Labute approximate surface area is 177 Å².